The van der Waals surface area contributed by atoms with Crippen LogP contribution in [0.4, 0.5) is 0 Å². The van der Waals surface area contributed by atoms with E-state index in [9.17, 15) is 4.79 Å². The van der Waals surface area contributed by atoms with Crippen molar-refractivity contribution in [2.75, 3.05) is 13.2 Å². The van der Waals surface area contributed by atoms with E-state index in [1.165, 1.54) is 5.56 Å². The maximum atomic E-state index is 12.3. The number of esters is 1. The quantitative estimate of drug-likeness (QED) is 0.188. The van der Waals surface area contributed by atoms with Gasteiger partial charge in [-0.25, -0.2) is 9.78 Å². The van der Waals surface area contributed by atoms with Crippen molar-refractivity contribution in [3.05, 3.63) is 109 Å². The van der Waals surface area contributed by atoms with Crippen LogP contribution in [0.3, 0.4) is 0 Å². The van der Waals surface area contributed by atoms with Gasteiger partial charge < -0.3 is 18.8 Å². The number of ether oxygens (including phenoxy) is 3. The monoisotopic (exact) mass is 478 g/mol. The van der Waals surface area contributed by atoms with Crippen LogP contribution < -0.4 is 14.2 Å². The number of carbonyl (C=O) groups excluding carboxylic acids is 1. The van der Waals surface area contributed by atoms with Gasteiger partial charge in [0.15, 0.2) is 6.61 Å². The second kappa shape index (κ2) is 10.8. The summed E-state index contributed by atoms with van der Waals surface area (Å²) < 4.78 is 18.6. The SMILES string of the molecule is CCOc1ccc(OCC(=O)Oc2ccc(-c3nc4ccccc4n3Cc3ccccc3)cc2)cc1. The van der Waals surface area contributed by atoms with Gasteiger partial charge in [-0.1, -0.05) is 42.5 Å². The first-order chi connectivity index (χ1) is 17.7. The summed E-state index contributed by atoms with van der Waals surface area (Å²) in [7, 11) is 0. The number of aromatic nitrogens is 2. The molecule has 5 aromatic rings. The van der Waals surface area contributed by atoms with Gasteiger partial charge in [-0.05, 0) is 73.2 Å². The fourth-order valence-electron chi connectivity index (χ4n) is 4.00. The second-order valence-corrected chi connectivity index (χ2v) is 8.19. The molecule has 0 amide bonds. The van der Waals surface area contributed by atoms with Crippen molar-refractivity contribution >= 4 is 17.0 Å². The zero-order chi connectivity index (χ0) is 24.7. The summed E-state index contributed by atoms with van der Waals surface area (Å²) in [5.41, 5.74) is 4.14. The zero-order valence-electron chi connectivity index (χ0n) is 20.0. The van der Waals surface area contributed by atoms with E-state index >= 15 is 0 Å². The lowest BCUT2D eigenvalue weighted by Gasteiger charge is -2.11. The Hall–Kier alpha value is -4.58. The highest BCUT2D eigenvalue weighted by molar-refractivity contribution is 5.81. The Labute approximate surface area is 209 Å². The van der Waals surface area contributed by atoms with Gasteiger partial charge in [0.2, 0.25) is 0 Å². The molecule has 0 saturated carbocycles. The third kappa shape index (κ3) is 5.39. The average Bonchev–Trinajstić information content (AvgIpc) is 3.28. The fourth-order valence-corrected chi connectivity index (χ4v) is 4.00. The average molecular weight is 479 g/mol. The Morgan fingerprint density at radius 1 is 0.750 bits per heavy atom. The van der Waals surface area contributed by atoms with Crippen molar-refractivity contribution in [1.29, 1.82) is 0 Å². The first-order valence-corrected chi connectivity index (χ1v) is 11.9. The normalized spacial score (nSPS) is 10.8. The minimum atomic E-state index is -0.479. The molecule has 0 N–H and O–H groups in total. The van der Waals surface area contributed by atoms with Crippen LogP contribution in [0.1, 0.15) is 12.5 Å². The molecule has 1 aromatic heterocycles. The van der Waals surface area contributed by atoms with Gasteiger partial charge in [-0.15, -0.1) is 0 Å². The van der Waals surface area contributed by atoms with E-state index in [2.05, 4.69) is 22.8 Å². The molecule has 6 heteroatoms. The van der Waals surface area contributed by atoms with E-state index in [0.29, 0.717) is 24.7 Å². The smallest absolute Gasteiger partial charge is 0.349 e. The van der Waals surface area contributed by atoms with Crippen LogP contribution in [0.15, 0.2) is 103 Å². The van der Waals surface area contributed by atoms with Crippen LogP contribution in [0.2, 0.25) is 0 Å². The van der Waals surface area contributed by atoms with Crippen LogP contribution in [0.5, 0.6) is 17.2 Å². The van der Waals surface area contributed by atoms with E-state index in [1.54, 1.807) is 36.4 Å². The zero-order valence-corrected chi connectivity index (χ0v) is 20.0. The number of hydrogen-bond donors (Lipinski definition) is 0. The highest BCUT2D eigenvalue weighted by Gasteiger charge is 2.14. The van der Waals surface area contributed by atoms with Crippen molar-refractivity contribution in [2.24, 2.45) is 0 Å². The molecule has 0 saturated heterocycles. The number of benzene rings is 4. The Kier molecular flexibility index (Phi) is 6.94. The molecule has 4 aromatic carbocycles. The van der Waals surface area contributed by atoms with E-state index in [4.69, 9.17) is 19.2 Å². The van der Waals surface area contributed by atoms with E-state index < -0.39 is 5.97 Å². The third-order valence-electron chi connectivity index (χ3n) is 5.67. The highest BCUT2D eigenvalue weighted by Crippen LogP contribution is 2.27. The Morgan fingerprint density at radius 3 is 2.11 bits per heavy atom. The topological polar surface area (TPSA) is 62.6 Å². The lowest BCUT2D eigenvalue weighted by molar-refractivity contribution is -0.136. The second-order valence-electron chi connectivity index (χ2n) is 8.19. The molecule has 6 nitrogen and oxygen atoms in total. The minimum Gasteiger partial charge on any atom is -0.494 e. The number of nitrogens with zero attached hydrogens (tertiary/aromatic N) is 2. The van der Waals surface area contributed by atoms with Gasteiger partial charge in [-0.2, -0.15) is 0 Å². The fraction of sp³-hybridized carbons (Fsp3) is 0.133. The minimum absolute atomic E-state index is 0.192. The van der Waals surface area contributed by atoms with Crippen LogP contribution in [0, 0.1) is 0 Å². The molecule has 180 valence electrons. The molecule has 0 radical (unpaired) electrons. The Balaban J connectivity index is 1.28. The first-order valence-electron chi connectivity index (χ1n) is 11.9. The summed E-state index contributed by atoms with van der Waals surface area (Å²) in [4.78, 5) is 17.2. The summed E-state index contributed by atoms with van der Waals surface area (Å²) >= 11 is 0. The molecule has 0 fully saturated rings. The molecule has 0 atom stereocenters. The largest absolute Gasteiger partial charge is 0.494 e. The molecular weight excluding hydrogens is 452 g/mol. The van der Waals surface area contributed by atoms with Crippen LogP contribution in [0.25, 0.3) is 22.4 Å². The van der Waals surface area contributed by atoms with Crippen LogP contribution in [-0.2, 0) is 11.3 Å². The van der Waals surface area contributed by atoms with Gasteiger partial charge in [-0.3, -0.25) is 0 Å². The molecule has 1 heterocycles. The molecule has 0 aliphatic rings. The highest BCUT2D eigenvalue weighted by atomic mass is 16.6. The molecule has 5 rings (SSSR count). The molecule has 36 heavy (non-hydrogen) atoms. The van der Waals surface area contributed by atoms with Crippen molar-refractivity contribution < 1.29 is 19.0 Å². The third-order valence-corrected chi connectivity index (χ3v) is 5.67. The predicted octanol–water partition coefficient (Wildman–Crippen LogP) is 6.13. The molecule has 0 aliphatic carbocycles. The number of hydrogen-bond acceptors (Lipinski definition) is 5. The van der Waals surface area contributed by atoms with E-state index in [-0.39, 0.29) is 6.61 Å². The predicted molar refractivity (Wildman–Crippen MR) is 139 cm³/mol. The summed E-state index contributed by atoms with van der Waals surface area (Å²) in [6.45, 7) is 3.03. The van der Waals surface area contributed by atoms with Crippen molar-refractivity contribution in [2.45, 2.75) is 13.5 Å². The summed E-state index contributed by atoms with van der Waals surface area (Å²) in [6.07, 6.45) is 0. The molecule has 0 aliphatic heterocycles. The number of fused-ring (bicyclic) bond motifs is 1. The van der Waals surface area contributed by atoms with Gasteiger partial charge in [0.05, 0.1) is 17.6 Å². The lowest BCUT2D eigenvalue weighted by Crippen LogP contribution is -2.17. The summed E-state index contributed by atoms with van der Waals surface area (Å²) in [5.74, 6) is 2.15. The number of para-hydroxylation sites is 2. The van der Waals surface area contributed by atoms with E-state index in [0.717, 1.165) is 28.2 Å². The number of rotatable bonds is 9. The van der Waals surface area contributed by atoms with Gasteiger partial charge >= 0.3 is 5.97 Å². The standard InChI is InChI=1S/C30H26N2O4/c1-2-34-24-16-18-25(19-17-24)35-21-29(33)36-26-14-12-23(13-15-26)30-31-27-10-6-7-11-28(27)32(30)20-22-8-4-3-5-9-22/h3-19H,2,20-21H2,1H3. The van der Waals surface area contributed by atoms with Crippen LogP contribution >= 0.6 is 0 Å². The van der Waals surface area contributed by atoms with Gasteiger partial charge in [0.25, 0.3) is 0 Å². The first kappa shape index (κ1) is 23.2. The maximum Gasteiger partial charge on any atom is 0.349 e. The van der Waals surface area contributed by atoms with Crippen molar-refractivity contribution in [1.82, 2.24) is 9.55 Å². The number of imidazole rings is 1. The Morgan fingerprint density at radius 2 is 1.39 bits per heavy atom. The van der Waals surface area contributed by atoms with E-state index in [1.807, 2.05) is 55.5 Å². The van der Waals surface area contributed by atoms with Crippen LogP contribution in [-0.4, -0.2) is 28.7 Å². The van der Waals surface area contributed by atoms with Gasteiger partial charge in [0, 0.05) is 12.1 Å². The summed E-state index contributed by atoms with van der Waals surface area (Å²) in [5, 5.41) is 0. The summed E-state index contributed by atoms with van der Waals surface area (Å²) in [6, 6.07) is 32.9. The Bertz CT molecular complexity index is 1440. The molecule has 0 spiro atoms. The molecule has 0 unspecified atom stereocenters. The lowest BCUT2D eigenvalue weighted by atomic mass is 10.2. The number of carbonyl (C=O) groups is 1. The van der Waals surface area contributed by atoms with Gasteiger partial charge in [0.1, 0.15) is 23.1 Å². The molecule has 0 bridgehead atoms. The maximum absolute atomic E-state index is 12.3. The van der Waals surface area contributed by atoms with Crippen molar-refractivity contribution in [3.63, 3.8) is 0 Å². The van der Waals surface area contributed by atoms with Crippen molar-refractivity contribution in [3.8, 4) is 28.6 Å². The molecular formula is C30H26N2O4.